The van der Waals surface area contributed by atoms with Crippen LogP contribution in [0.5, 0.6) is 11.5 Å². The van der Waals surface area contributed by atoms with E-state index in [1.807, 2.05) is 19.9 Å². The van der Waals surface area contributed by atoms with E-state index in [-0.39, 0.29) is 17.2 Å². The fourth-order valence-corrected chi connectivity index (χ4v) is 3.07. The van der Waals surface area contributed by atoms with E-state index in [1.165, 1.54) is 4.90 Å². The first-order valence-corrected chi connectivity index (χ1v) is 7.82. The number of rotatable bonds is 5. The first-order valence-electron chi connectivity index (χ1n) is 7.00. The van der Waals surface area contributed by atoms with Gasteiger partial charge in [-0.25, -0.2) is 0 Å². The summed E-state index contributed by atoms with van der Waals surface area (Å²) < 4.78 is 10.4. The number of hydrogen-bond acceptors (Lipinski definition) is 5. The van der Waals surface area contributed by atoms with Crippen LogP contribution in [0.1, 0.15) is 25.8 Å². The fourth-order valence-electron chi connectivity index (χ4n) is 2.14. The van der Waals surface area contributed by atoms with E-state index in [4.69, 9.17) is 9.47 Å². The average molecular weight is 321 g/mol. The van der Waals surface area contributed by atoms with Crippen LogP contribution < -0.4 is 9.47 Å². The third-order valence-corrected chi connectivity index (χ3v) is 4.44. The van der Waals surface area contributed by atoms with Crippen molar-refractivity contribution in [2.45, 2.75) is 26.3 Å². The molecule has 0 N–H and O–H groups in total. The van der Waals surface area contributed by atoms with Gasteiger partial charge in [0.1, 0.15) is 0 Å². The molecule has 1 aliphatic heterocycles. The Morgan fingerprint density at radius 1 is 1.23 bits per heavy atom. The van der Waals surface area contributed by atoms with Crippen molar-refractivity contribution in [3.63, 3.8) is 0 Å². The molecule has 0 bridgehead atoms. The van der Waals surface area contributed by atoms with Gasteiger partial charge in [0.2, 0.25) is 0 Å². The number of thioether (sulfide) groups is 1. The smallest absolute Gasteiger partial charge is 0.293 e. The highest BCUT2D eigenvalue weighted by molar-refractivity contribution is 8.18. The predicted molar refractivity (Wildman–Crippen MR) is 87.1 cm³/mol. The lowest BCUT2D eigenvalue weighted by atomic mass is 10.1. The zero-order valence-corrected chi connectivity index (χ0v) is 13.9. The molecular formula is C16H19NO4S. The minimum atomic E-state index is -0.237. The van der Waals surface area contributed by atoms with Crippen molar-refractivity contribution in [3.8, 4) is 11.5 Å². The lowest BCUT2D eigenvalue weighted by Gasteiger charge is -2.19. The maximum absolute atomic E-state index is 12.4. The van der Waals surface area contributed by atoms with Crippen molar-refractivity contribution in [2.75, 3.05) is 14.2 Å². The van der Waals surface area contributed by atoms with Gasteiger partial charge in [0, 0.05) is 6.04 Å². The van der Waals surface area contributed by atoms with Gasteiger partial charge in [-0.15, -0.1) is 0 Å². The molecule has 0 saturated carbocycles. The van der Waals surface area contributed by atoms with Crippen LogP contribution in [0, 0.1) is 0 Å². The second-order valence-electron chi connectivity index (χ2n) is 4.92. The van der Waals surface area contributed by atoms with E-state index in [0.29, 0.717) is 16.4 Å². The summed E-state index contributed by atoms with van der Waals surface area (Å²) in [5, 5.41) is -0.217. The number of benzene rings is 1. The number of carbonyl (C=O) groups is 2. The van der Waals surface area contributed by atoms with Crippen molar-refractivity contribution in [3.05, 3.63) is 28.7 Å². The topological polar surface area (TPSA) is 55.8 Å². The molecule has 1 unspecified atom stereocenters. The SMILES string of the molecule is CCC(C)N1C(=O)SC(=Cc2ccc(OC)c(OC)c2)C1=O. The Morgan fingerprint density at radius 3 is 2.50 bits per heavy atom. The number of ether oxygens (including phenoxy) is 2. The Bertz CT molecular complexity index is 627. The molecule has 2 amide bonds. The molecule has 1 atom stereocenters. The van der Waals surface area contributed by atoms with Crippen LogP contribution in [0.3, 0.4) is 0 Å². The molecule has 0 aliphatic carbocycles. The van der Waals surface area contributed by atoms with Gasteiger partial charge >= 0.3 is 0 Å². The molecular weight excluding hydrogens is 302 g/mol. The Balaban J connectivity index is 2.31. The maximum Gasteiger partial charge on any atom is 0.293 e. The van der Waals surface area contributed by atoms with Crippen molar-refractivity contribution >= 4 is 29.0 Å². The Hall–Kier alpha value is -1.95. The molecule has 1 heterocycles. The minimum absolute atomic E-state index is 0.0937. The average Bonchev–Trinajstić information content (AvgIpc) is 2.80. The summed E-state index contributed by atoms with van der Waals surface area (Å²) in [7, 11) is 3.12. The van der Waals surface area contributed by atoms with Crippen LogP contribution in [0.2, 0.25) is 0 Å². The zero-order chi connectivity index (χ0) is 16.3. The van der Waals surface area contributed by atoms with Gasteiger partial charge in [-0.1, -0.05) is 13.0 Å². The predicted octanol–water partition coefficient (Wildman–Crippen LogP) is 3.54. The molecule has 1 saturated heterocycles. The lowest BCUT2D eigenvalue weighted by molar-refractivity contribution is -0.124. The van der Waals surface area contributed by atoms with Gasteiger partial charge in [0.25, 0.3) is 11.1 Å². The highest BCUT2D eigenvalue weighted by Crippen LogP contribution is 2.35. The monoisotopic (exact) mass is 321 g/mol. The lowest BCUT2D eigenvalue weighted by Crippen LogP contribution is -2.36. The molecule has 1 aromatic rings. The normalized spacial score (nSPS) is 18.0. The van der Waals surface area contributed by atoms with Crippen LogP contribution in [0.4, 0.5) is 4.79 Å². The summed E-state index contributed by atoms with van der Waals surface area (Å²) >= 11 is 0.970. The fraction of sp³-hybridized carbons (Fsp3) is 0.375. The molecule has 1 fully saturated rings. The van der Waals surface area contributed by atoms with Crippen molar-refractivity contribution in [2.24, 2.45) is 0 Å². The van der Waals surface area contributed by atoms with Gasteiger partial charge in [-0.05, 0) is 48.9 Å². The van der Waals surface area contributed by atoms with Gasteiger partial charge < -0.3 is 9.47 Å². The molecule has 0 spiro atoms. The zero-order valence-electron chi connectivity index (χ0n) is 13.1. The number of amides is 2. The largest absolute Gasteiger partial charge is 0.493 e. The van der Waals surface area contributed by atoms with Gasteiger partial charge in [0.05, 0.1) is 19.1 Å². The third-order valence-electron chi connectivity index (χ3n) is 3.56. The quantitative estimate of drug-likeness (QED) is 0.776. The van der Waals surface area contributed by atoms with E-state index in [0.717, 1.165) is 23.7 Å². The first-order chi connectivity index (χ1) is 10.5. The first kappa shape index (κ1) is 16.4. The van der Waals surface area contributed by atoms with E-state index in [1.54, 1.807) is 32.4 Å². The summed E-state index contributed by atoms with van der Waals surface area (Å²) in [5.41, 5.74) is 0.785. The molecule has 6 heteroatoms. The summed E-state index contributed by atoms with van der Waals surface area (Å²) in [5.74, 6) is 0.962. The van der Waals surface area contributed by atoms with Crippen molar-refractivity contribution in [1.82, 2.24) is 4.90 Å². The maximum atomic E-state index is 12.4. The number of nitrogens with zero attached hydrogens (tertiary/aromatic N) is 1. The van der Waals surface area contributed by atoms with Gasteiger partial charge in [-0.2, -0.15) is 0 Å². The van der Waals surface area contributed by atoms with Crippen LogP contribution in [-0.2, 0) is 4.79 Å². The Morgan fingerprint density at radius 2 is 1.91 bits per heavy atom. The molecule has 2 rings (SSSR count). The molecule has 22 heavy (non-hydrogen) atoms. The second kappa shape index (κ2) is 6.87. The van der Waals surface area contributed by atoms with Crippen molar-refractivity contribution < 1.29 is 19.1 Å². The summed E-state index contributed by atoms with van der Waals surface area (Å²) in [6.07, 6.45) is 2.44. The van der Waals surface area contributed by atoms with E-state index in [9.17, 15) is 9.59 Å². The second-order valence-corrected chi connectivity index (χ2v) is 5.92. The summed E-state index contributed by atoms with van der Waals surface area (Å²) in [4.78, 5) is 26.1. The van der Waals surface area contributed by atoms with Crippen LogP contribution in [-0.4, -0.2) is 36.3 Å². The Labute approximate surface area is 134 Å². The van der Waals surface area contributed by atoms with Crippen LogP contribution in [0.25, 0.3) is 6.08 Å². The third kappa shape index (κ3) is 3.11. The van der Waals surface area contributed by atoms with Crippen LogP contribution in [0.15, 0.2) is 23.1 Å². The summed E-state index contributed by atoms with van der Waals surface area (Å²) in [6, 6.07) is 5.27. The molecule has 1 aromatic carbocycles. The summed E-state index contributed by atoms with van der Waals surface area (Å²) in [6.45, 7) is 3.82. The van der Waals surface area contributed by atoms with Gasteiger partial charge in [-0.3, -0.25) is 14.5 Å². The van der Waals surface area contributed by atoms with Gasteiger partial charge in [0.15, 0.2) is 11.5 Å². The molecule has 0 radical (unpaired) electrons. The van der Waals surface area contributed by atoms with Crippen LogP contribution >= 0.6 is 11.8 Å². The molecule has 0 aromatic heterocycles. The highest BCUT2D eigenvalue weighted by Gasteiger charge is 2.37. The molecule has 118 valence electrons. The standard InChI is InChI=1S/C16H19NO4S/c1-5-10(2)17-15(18)14(22-16(17)19)9-11-6-7-12(20-3)13(8-11)21-4/h6-10H,5H2,1-4H3. The molecule has 5 nitrogen and oxygen atoms in total. The minimum Gasteiger partial charge on any atom is -0.493 e. The molecule has 1 aliphatic rings. The Kier molecular flexibility index (Phi) is 5.13. The number of imide groups is 1. The number of carbonyl (C=O) groups excluding carboxylic acids is 2. The number of hydrogen-bond donors (Lipinski definition) is 0. The van der Waals surface area contributed by atoms with Crippen molar-refractivity contribution in [1.29, 1.82) is 0 Å². The highest BCUT2D eigenvalue weighted by atomic mass is 32.2. The van der Waals surface area contributed by atoms with E-state index in [2.05, 4.69) is 0 Å². The van der Waals surface area contributed by atoms with E-state index >= 15 is 0 Å². The number of methoxy groups -OCH3 is 2. The van der Waals surface area contributed by atoms with E-state index < -0.39 is 0 Å².